The van der Waals surface area contributed by atoms with E-state index in [9.17, 15) is 4.79 Å². The van der Waals surface area contributed by atoms with Crippen molar-refractivity contribution in [2.45, 2.75) is 26.2 Å². The molecule has 7 heteroatoms. The van der Waals surface area contributed by atoms with Crippen molar-refractivity contribution < 1.29 is 14.3 Å². The van der Waals surface area contributed by atoms with Crippen LogP contribution in [0.3, 0.4) is 0 Å². The zero-order valence-electron chi connectivity index (χ0n) is 17.3. The Morgan fingerprint density at radius 3 is 2.50 bits per heavy atom. The fourth-order valence-corrected chi connectivity index (χ4v) is 3.59. The van der Waals surface area contributed by atoms with Crippen molar-refractivity contribution in [3.05, 3.63) is 61.1 Å². The Labute approximate surface area is 176 Å². The second kappa shape index (κ2) is 9.09. The van der Waals surface area contributed by atoms with Gasteiger partial charge in [-0.2, -0.15) is 0 Å². The van der Waals surface area contributed by atoms with Gasteiger partial charge in [-0.1, -0.05) is 6.07 Å². The lowest BCUT2D eigenvalue weighted by molar-refractivity contribution is -0.165. The number of carbonyl (C=O) groups excluding carboxylic acids is 1. The summed E-state index contributed by atoms with van der Waals surface area (Å²) in [4.78, 5) is 25.6. The molecule has 0 bridgehead atoms. The third-order valence-electron chi connectivity index (χ3n) is 5.05. The maximum absolute atomic E-state index is 12.8. The molecule has 0 spiro atoms. The number of benzene rings is 1. The molecule has 3 aromatic rings. The summed E-state index contributed by atoms with van der Waals surface area (Å²) in [6, 6.07) is 13.5. The first kappa shape index (κ1) is 20.1. The van der Waals surface area contributed by atoms with Gasteiger partial charge < -0.3 is 14.4 Å². The summed E-state index contributed by atoms with van der Waals surface area (Å²) in [7, 11) is 0. The van der Waals surface area contributed by atoms with Crippen LogP contribution in [-0.4, -0.2) is 59.3 Å². The minimum absolute atomic E-state index is 0.206. The molecule has 0 radical (unpaired) electrons. The lowest BCUT2D eigenvalue weighted by atomic mass is 10.2. The molecule has 156 valence electrons. The molecule has 1 aliphatic heterocycles. The van der Waals surface area contributed by atoms with E-state index in [0.717, 1.165) is 29.7 Å². The van der Waals surface area contributed by atoms with Crippen molar-refractivity contribution in [1.82, 2.24) is 14.9 Å². The lowest BCUT2D eigenvalue weighted by Gasteiger charge is -2.39. The topological polar surface area (TPSA) is 67.8 Å². The van der Waals surface area contributed by atoms with E-state index in [0.29, 0.717) is 18.8 Å². The number of hydrogen-bond donors (Lipinski definition) is 0. The van der Waals surface area contributed by atoms with Crippen molar-refractivity contribution >= 4 is 22.6 Å². The van der Waals surface area contributed by atoms with E-state index in [1.807, 2.05) is 61.2 Å². The van der Waals surface area contributed by atoms with Gasteiger partial charge in [-0.25, -0.2) is 4.79 Å². The normalized spacial score (nSPS) is 15.9. The van der Waals surface area contributed by atoms with Gasteiger partial charge in [0, 0.05) is 55.8 Å². The van der Waals surface area contributed by atoms with E-state index in [-0.39, 0.29) is 12.1 Å². The van der Waals surface area contributed by atoms with E-state index in [2.05, 4.69) is 14.9 Å². The standard InChI is InChI=1S/C23H26N4O3/c1-17(2)29-23(28)22(30-20-5-6-21-18(16-20)4-3-9-25-21)27-14-12-26(13-15-27)19-7-10-24-11-8-19/h3-11,16-17,22H,12-15H2,1-2H3. The van der Waals surface area contributed by atoms with E-state index >= 15 is 0 Å². The molecule has 7 nitrogen and oxygen atoms in total. The highest BCUT2D eigenvalue weighted by Gasteiger charge is 2.33. The number of carbonyl (C=O) groups is 1. The summed E-state index contributed by atoms with van der Waals surface area (Å²) in [6.45, 7) is 6.65. The predicted molar refractivity (Wildman–Crippen MR) is 115 cm³/mol. The van der Waals surface area contributed by atoms with Crippen LogP contribution in [-0.2, 0) is 9.53 Å². The third-order valence-corrected chi connectivity index (χ3v) is 5.05. The van der Waals surface area contributed by atoms with Gasteiger partial charge in [0.25, 0.3) is 6.23 Å². The molecular weight excluding hydrogens is 380 g/mol. The van der Waals surface area contributed by atoms with Gasteiger partial charge in [0.05, 0.1) is 11.6 Å². The minimum Gasteiger partial charge on any atom is -0.464 e. The molecule has 0 amide bonds. The molecular formula is C23H26N4O3. The van der Waals surface area contributed by atoms with E-state index in [1.165, 1.54) is 0 Å². The monoisotopic (exact) mass is 406 g/mol. The van der Waals surface area contributed by atoms with Gasteiger partial charge in [-0.05, 0) is 50.2 Å². The number of fused-ring (bicyclic) bond motifs is 1. The van der Waals surface area contributed by atoms with E-state index in [1.54, 1.807) is 18.6 Å². The van der Waals surface area contributed by atoms with Crippen LogP contribution in [0.2, 0.25) is 0 Å². The number of hydrogen-bond acceptors (Lipinski definition) is 7. The number of piperazine rings is 1. The average Bonchev–Trinajstić information content (AvgIpc) is 2.77. The predicted octanol–water partition coefficient (Wildman–Crippen LogP) is 3.11. The lowest BCUT2D eigenvalue weighted by Crippen LogP contribution is -2.55. The van der Waals surface area contributed by atoms with Gasteiger partial charge in [0.15, 0.2) is 0 Å². The molecule has 0 saturated carbocycles. The second-order valence-electron chi connectivity index (χ2n) is 7.54. The van der Waals surface area contributed by atoms with Crippen molar-refractivity contribution in [2.24, 2.45) is 0 Å². The molecule has 1 saturated heterocycles. The highest BCUT2D eigenvalue weighted by Crippen LogP contribution is 2.23. The molecule has 30 heavy (non-hydrogen) atoms. The summed E-state index contributed by atoms with van der Waals surface area (Å²) in [6.07, 6.45) is 4.35. The van der Waals surface area contributed by atoms with Crippen molar-refractivity contribution in [3.8, 4) is 5.75 Å². The molecule has 0 aliphatic carbocycles. The van der Waals surface area contributed by atoms with Crippen molar-refractivity contribution in [1.29, 1.82) is 0 Å². The molecule has 1 aromatic carbocycles. The van der Waals surface area contributed by atoms with Gasteiger partial charge in [-0.3, -0.25) is 14.9 Å². The molecule has 2 aromatic heterocycles. The molecule has 4 rings (SSSR count). The maximum atomic E-state index is 12.8. The van der Waals surface area contributed by atoms with Crippen molar-refractivity contribution in [2.75, 3.05) is 31.1 Å². The van der Waals surface area contributed by atoms with Crippen LogP contribution in [0.15, 0.2) is 61.1 Å². The maximum Gasteiger partial charge on any atom is 0.363 e. The Morgan fingerprint density at radius 1 is 1.00 bits per heavy atom. The largest absolute Gasteiger partial charge is 0.464 e. The Kier molecular flexibility index (Phi) is 6.09. The first-order valence-corrected chi connectivity index (χ1v) is 10.2. The SMILES string of the molecule is CC(C)OC(=O)C(Oc1ccc2ncccc2c1)N1CCN(c2ccncc2)CC1. The van der Waals surface area contributed by atoms with Crippen LogP contribution in [0.4, 0.5) is 5.69 Å². The zero-order chi connectivity index (χ0) is 20.9. The fraction of sp³-hybridized carbons (Fsp3) is 0.348. The highest BCUT2D eigenvalue weighted by molar-refractivity contribution is 5.80. The molecule has 0 N–H and O–H groups in total. The Bertz CT molecular complexity index is 988. The summed E-state index contributed by atoms with van der Waals surface area (Å²) in [5.74, 6) is 0.256. The second-order valence-corrected chi connectivity index (χ2v) is 7.54. The number of ether oxygens (including phenoxy) is 2. The Hall–Kier alpha value is -3.19. The molecule has 3 heterocycles. The molecule has 1 fully saturated rings. The summed E-state index contributed by atoms with van der Waals surface area (Å²) in [5.41, 5.74) is 2.02. The number of aromatic nitrogens is 2. The first-order chi connectivity index (χ1) is 14.6. The molecule has 1 aliphatic rings. The quantitative estimate of drug-likeness (QED) is 0.583. The van der Waals surface area contributed by atoms with Crippen LogP contribution in [0.1, 0.15) is 13.8 Å². The van der Waals surface area contributed by atoms with E-state index in [4.69, 9.17) is 9.47 Å². The summed E-state index contributed by atoms with van der Waals surface area (Å²) < 4.78 is 11.7. The van der Waals surface area contributed by atoms with Gasteiger partial charge in [-0.15, -0.1) is 0 Å². The molecule has 1 unspecified atom stereocenters. The van der Waals surface area contributed by atoms with Gasteiger partial charge >= 0.3 is 5.97 Å². The van der Waals surface area contributed by atoms with Gasteiger partial charge in [0.1, 0.15) is 5.75 Å². The Balaban J connectivity index is 1.50. The average molecular weight is 406 g/mol. The molecule has 1 atom stereocenters. The third kappa shape index (κ3) is 4.68. The number of pyridine rings is 2. The first-order valence-electron chi connectivity index (χ1n) is 10.2. The van der Waals surface area contributed by atoms with Gasteiger partial charge in [0.2, 0.25) is 0 Å². The summed E-state index contributed by atoms with van der Waals surface area (Å²) in [5, 5.41) is 0.966. The van der Waals surface area contributed by atoms with Crippen LogP contribution in [0, 0.1) is 0 Å². The minimum atomic E-state index is -0.791. The van der Waals surface area contributed by atoms with Crippen molar-refractivity contribution in [3.63, 3.8) is 0 Å². The zero-order valence-corrected chi connectivity index (χ0v) is 17.3. The number of nitrogens with zero attached hydrogens (tertiary/aromatic N) is 4. The summed E-state index contributed by atoms with van der Waals surface area (Å²) >= 11 is 0. The van der Waals surface area contributed by atoms with Crippen LogP contribution in [0.5, 0.6) is 5.75 Å². The number of rotatable bonds is 6. The highest BCUT2D eigenvalue weighted by atomic mass is 16.6. The van der Waals surface area contributed by atoms with Crippen LogP contribution >= 0.6 is 0 Å². The fourth-order valence-electron chi connectivity index (χ4n) is 3.59. The number of esters is 1. The Morgan fingerprint density at radius 2 is 1.77 bits per heavy atom. The van der Waals surface area contributed by atoms with Crippen LogP contribution < -0.4 is 9.64 Å². The van der Waals surface area contributed by atoms with E-state index < -0.39 is 6.23 Å². The number of anilines is 1. The van der Waals surface area contributed by atoms with Crippen LogP contribution in [0.25, 0.3) is 10.9 Å². The smallest absolute Gasteiger partial charge is 0.363 e.